The zero-order chi connectivity index (χ0) is 15.4. The molecule has 3 aliphatic heterocycles. The second-order valence-electron chi connectivity index (χ2n) is 6.70. The molecule has 0 aromatic rings. The minimum absolute atomic E-state index is 0.117. The van der Waals surface area contributed by atoms with Gasteiger partial charge in [0, 0.05) is 5.54 Å². The fraction of sp³-hybridized carbons (Fsp3) is 0.643. The van der Waals surface area contributed by atoms with E-state index in [-0.39, 0.29) is 18.1 Å². The Labute approximate surface area is 122 Å². The van der Waals surface area contributed by atoms with Crippen LogP contribution in [0.5, 0.6) is 0 Å². The third-order valence-electron chi connectivity index (χ3n) is 3.90. The average molecular weight is 294 g/mol. The molecule has 7 nitrogen and oxygen atoms in total. The van der Waals surface area contributed by atoms with Gasteiger partial charge < -0.3 is 20.1 Å². The van der Waals surface area contributed by atoms with E-state index in [1.165, 1.54) is 0 Å². The summed E-state index contributed by atoms with van der Waals surface area (Å²) in [6.45, 7) is 5.72. The summed E-state index contributed by atoms with van der Waals surface area (Å²) in [6, 6.07) is -0.349. The Morgan fingerprint density at radius 2 is 2.05 bits per heavy atom. The van der Waals surface area contributed by atoms with Crippen molar-refractivity contribution < 1.29 is 23.9 Å². The van der Waals surface area contributed by atoms with Gasteiger partial charge in [0.2, 0.25) is 0 Å². The van der Waals surface area contributed by atoms with Crippen LogP contribution in [-0.2, 0) is 19.1 Å². The molecule has 2 fully saturated rings. The Balaban J connectivity index is 1.71. The molecular weight excluding hydrogens is 276 g/mol. The van der Waals surface area contributed by atoms with E-state index in [1.54, 1.807) is 12.2 Å². The van der Waals surface area contributed by atoms with Gasteiger partial charge in [-0.05, 0) is 20.8 Å². The average Bonchev–Trinajstić information content (AvgIpc) is 2.97. The Bertz CT molecular complexity index is 550. The van der Waals surface area contributed by atoms with Crippen molar-refractivity contribution in [3.05, 3.63) is 12.2 Å². The molecular formula is C14H18N2O5. The largest absolute Gasteiger partial charge is 0.393 e. The first-order valence-corrected chi connectivity index (χ1v) is 6.91. The van der Waals surface area contributed by atoms with Crippen LogP contribution in [0.1, 0.15) is 20.8 Å². The van der Waals surface area contributed by atoms with Crippen LogP contribution >= 0.6 is 0 Å². The van der Waals surface area contributed by atoms with Gasteiger partial charge in [0.05, 0.1) is 12.6 Å². The number of fused-ring (bicyclic) bond motifs is 5. The number of hydrogen-bond acceptors (Lipinski definition) is 5. The third kappa shape index (κ3) is 2.21. The van der Waals surface area contributed by atoms with Crippen molar-refractivity contribution in [2.75, 3.05) is 6.54 Å². The summed E-state index contributed by atoms with van der Waals surface area (Å²) in [5.41, 5.74) is -1.34. The molecule has 3 heterocycles. The molecule has 0 radical (unpaired) electrons. The second-order valence-corrected chi connectivity index (χ2v) is 6.70. The lowest BCUT2D eigenvalue weighted by Gasteiger charge is -2.28. The van der Waals surface area contributed by atoms with E-state index < -0.39 is 35.5 Å². The molecule has 2 saturated heterocycles. The van der Waals surface area contributed by atoms with Crippen LogP contribution in [0.3, 0.4) is 0 Å². The molecule has 2 N–H and O–H groups in total. The van der Waals surface area contributed by atoms with Crippen molar-refractivity contribution >= 4 is 18.0 Å². The summed E-state index contributed by atoms with van der Waals surface area (Å²) in [7, 11) is 0. The Morgan fingerprint density at radius 3 is 2.71 bits per heavy atom. The zero-order valence-corrected chi connectivity index (χ0v) is 12.1. The first-order valence-electron chi connectivity index (χ1n) is 6.91. The highest BCUT2D eigenvalue weighted by Crippen LogP contribution is 2.50. The van der Waals surface area contributed by atoms with Crippen molar-refractivity contribution in [3.8, 4) is 0 Å². The highest BCUT2D eigenvalue weighted by molar-refractivity contribution is 5.99. The number of urea groups is 1. The third-order valence-corrected chi connectivity index (χ3v) is 3.90. The second kappa shape index (κ2) is 4.30. The summed E-state index contributed by atoms with van der Waals surface area (Å²) in [5, 5.41) is 5.47. The van der Waals surface area contributed by atoms with E-state index in [0.717, 1.165) is 0 Å². The lowest BCUT2D eigenvalue weighted by atomic mass is 9.77. The van der Waals surface area contributed by atoms with Gasteiger partial charge in [0.1, 0.15) is 17.4 Å². The highest BCUT2D eigenvalue weighted by atomic mass is 16.6. The molecule has 3 rings (SSSR count). The Morgan fingerprint density at radius 1 is 1.33 bits per heavy atom. The quantitative estimate of drug-likeness (QED) is 0.428. The lowest BCUT2D eigenvalue weighted by Crippen LogP contribution is -2.53. The van der Waals surface area contributed by atoms with Crippen molar-refractivity contribution in [1.29, 1.82) is 0 Å². The molecule has 0 aliphatic carbocycles. The smallest absolute Gasteiger partial charge is 0.320 e. The van der Waals surface area contributed by atoms with Gasteiger partial charge in [-0.3, -0.25) is 9.59 Å². The standard InChI is InChI=1S/C14H18N2O5/c1-13(2,3)16-12(19)15-6-14-5-4-7(21-14)8-9(14)11(18)20-10(8)17/h4-5,7-9H,6H2,1-3H3,(H2,15,16,19). The van der Waals surface area contributed by atoms with Crippen molar-refractivity contribution in [2.45, 2.75) is 38.0 Å². The summed E-state index contributed by atoms with van der Waals surface area (Å²) in [5.74, 6) is -2.37. The predicted octanol–water partition coefficient (Wildman–Crippen LogP) is 0.107. The van der Waals surface area contributed by atoms with E-state index in [1.807, 2.05) is 20.8 Å². The maximum absolute atomic E-state index is 11.8. The van der Waals surface area contributed by atoms with E-state index in [0.29, 0.717) is 0 Å². The first-order chi connectivity index (χ1) is 9.72. The molecule has 0 spiro atoms. The summed E-state index contributed by atoms with van der Waals surface area (Å²) in [4.78, 5) is 35.4. The molecule has 0 saturated carbocycles. The minimum atomic E-state index is -0.978. The highest BCUT2D eigenvalue weighted by Gasteiger charge is 2.66. The van der Waals surface area contributed by atoms with Gasteiger partial charge in [-0.25, -0.2) is 4.79 Å². The summed E-state index contributed by atoms with van der Waals surface area (Å²) < 4.78 is 10.5. The SMILES string of the molecule is CC(C)(C)NC(=O)NCC12C=CC(O1)C1C(=O)OC(=O)C12. The molecule has 114 valence electrons. The molecule has 7 heteroatoms. The molecule has 3 aliphatic rings. The Hall–Kier alpha value is -1.89. The molecule has 4 atom stereocenters. The fourth-order valence-corrected chi connectivity index (χ4v) is 3.11. The van der Waals surface area contributed by atoms with Crippen LogP contribution < -0.4 is 10.6 Å². The van der Waals surface area contributed by atoms with E-state index in [4.69, 9.17) is 9.47 Å². The number of hydrogen-bond donors (Lipinski definition) is 2. The van der Waals surface area contributed by atoms with Gasteiger partial charge >= 0.3 is 18.0 Å². The maximum Gasteiger partial charge on any atom is 0.320 e. The van der Waals surface area contributed by atoms with E-state index in [2.05, 4.69) is 10.6 Å². The van der Waals surface area contributed by atoms with Crippen LogP contribution in [0.4, 0.5) is 4.79 Å². The topological polar surface area (TPSA) is 93.7 Å². The van der Waals surface area contributed by atoms with Crippen LogP contribution in [0.2, 0.25) is 0 Å². The van der Waals surface area contributed by atoms with E-state index >= 15 is 0 Å². The number of rotatable bonds is 2. The van der Waals surface area contributed by atoms with Crippen LogP contribution in [-0.4, -0.2) is 41.8 Å². The van der Waals surface area contributed by atoms with Crippen LogP contribution in [0.25, 0.3) is 0 Å². The molecule has 4 unspecified atom stereocenters. The molecule has 2 amide bonds. The number of cyclic esters (lactones) is 2. The number of nitrogens with one attached hydrogen (secondary N) is 2. The minimum Gasteiger partial charge on any atom is -0.393 e. The van der Waals surface area contributed by atoms with Gasteiger partial charge in [-0.1, -0.05) is 12.2 Å². The predicted molar refractivity (Wildman–Crippen MR) is 71.1 cm³/mol. The van der Waals surface area contributed by atoms with E-state index in [9.17, 15) is 14.4 Å². The molecule has 21 heavy (non-hydrogen) atoms. The normalized spacial score (nSPS) is 36.6. The van der Waals surface area contributed by atoms with Crippen molar-refractivity contribution in [2.24, 2.45) is 11.8 Å². The molecule has 2 bridgehead atoms. The lowest BCUT2D eigenvalue weighted by molar-refractivity contribution is -0.158. The number of ether oxygens (including phenoxy) is 2. The van der Waals surface area contributed by atoms with Crippen molar-refractivity contribution in [1.82, 2.24) is 10.6 Å². The molecule has 0 aromatic carbocycles. The fourth-order valence-electron chi connectivity index (χ4n) is 3.11. The van der Waals surface area contributed by atoms with Gasteiger partial charge in [0.25, 0.3) is 0 Å². The summed E-state index contributed by atoms with van der Waals surface area (Å²) in [6.07, 6.45) is 3.06. The van der Waals surface area contributed by atoms with Crippen molar-refractivity contribution in [3.63, 3.8) is 0 Å². The van der Waals surface area contributed by atoms with Crippen LogP contribution in [0, 0.1) is 11.8 Å². The Kier molecular flexibility index (Phi) is 2.88. The van der Waals surface area contributed by atoms with Gasteiger partial charge in [-0.2, -0.15) is 0 Å². The summed E-state index contributed by atoms with van der Waals surface area (Å²) >= 11 is 0. The first kappa shape index (κ1) is 14.1. The van der Waals surface area contributed by atoms with Gasteiger partial charge in [0.15, 0.2) is 0 Å². The monoisotopic (exact) mass is 294 g/mol. The van der Waals surface area contributed by atoms with Crippen LogP contribution in [0.15, 0.2) is 12.2 Å². The maximum atomic E-state index is 11.8. The number of esters is 2. The number of carbonyl (C=O) groups excluding carboxylic acids is 3. The van der Waals surface area contributed by atoms with Gasteiger partial charge in [-0.15, -0.1) is 0 Å². The number of carbonyl (C=O) groups is 3. The zero-order valence-electron chi connectivity index (χ0n) is 12.1. The number of amides is 2. The molecule has 0 aromatic heterocycles.